The number of carbonyl (C=O) groups is 1. The van der Waals surface area contributed by atoms with Gasteiger partial charge in [0.1, 0.15) is 0 Å². The summed E-state index contributed by atoms with van der Waals surface area (Å²) in [6, 6.07) is 17.1. The van der Waals surface area contributed by atoms with Crippen LogP contribution in [0.15, 0.2) is 54.6 Å². The highest BCUT2D eigenvalue weighted by molar-refractivity contribution is 7.81. The monoisotopic (exact) mass is 291 g/mol. The highest BCUT2D eigenvalue weighted by Gasteiger charge is 2.15. The number of halogens is 1. The summed E-state index contributed by atoms with van der Waals surface area (Å²) in [5.74, 6) is 0.0591. The molecule has 0 saturated heterocycles. The largest absolute Gasteiger partial charge is 0.344 e. The average molecular weight is 292 g/mol. The fraction of sp³-hybridized carbons (Fsp3) is 0.133. The van der Waals surface area contributed by atoms with Gasteiger partial charge in [-0.15, -0.1) is 0 Å². The normalized spacial score (nSPS) is 11.9. The summed E-state index contributed by atoms with van der Waals surface area (Å²) < 4.78 is 0. The van der Waals surface area contributed by atoms with Crippen molar-refractivity contribution in [2.75, 3.05) is 5.75 Å². The molecule has 0 radical (unpaired) electrons. The van der Waals surface area contributed by atoms with E-state index in [9.17, 15) is 4.79 Å². The number of rotatable bonds is 4. The smallest absolute Gasteiger partial charge is 0.230 e. The van der Waals surface area contributed by atoms with Gasteiger partial charge in [0.25, 0.3) is 0 Å². The topological polar surface area (TPSA) is 29.1 Å². The van der Waals surface area contributed by atoms with Gasteiger partial charge in [-0.2, -0.15) is 12.6 Å². The molecule has 1 amide bonds. The molecule has 0 aliphatic rings. The van der Waals surface area contributed by atoms with Gasteiger partial charge in [0.05, 0.1) is 11.8 Å². The van der Waals surface area contributed by atoms with Crippen LogP contribution in [-0.2, 0) is 4.79 Å². The van der Waals surface area contributed by atoms with E-state index in [4.69, 9.17) is 11.6 Å². The molecule has 98 valence electrons. The Morgan fingerprint density at radius 2 is 1.63 bits per heavy atom. The zero-order valence-electron chi connectivity index (χ0n) is 10.2. The van der Waals surface area contributed by atoms with E-state index in [1.54, 1.807) is 0 Å². The molecule has 0 fully saturated rings. The van der Waals surface area contributed by atoms with Crippen molar-refractivity contribution in [3.8, 4) is 0 Å². The van der Waals surface area contributed by atoms with Crippen molar-refractivity contribution in [3.05, 3.63) is 70.7 Å². The highest BCUT2D eigenvalue weighted by atomic mass is 35.5. The molecule has 1 atom stereocenters. The lowest BCUT2D eigenvalue weighted by Crippen LogP contribution is -2.30. The number of benzene rings is 2. The number of thiol groups is 1. The molecular weight excluding hydrogens is 278 g/mol. The first-order chi connectivity index (χ1) is 9.20. The van der Waals surface area contributed by atoms with Gasteiger partial charge in [0.2, 0.25) is 5.91 Å². The van der Waals surface area contributed by atoms with E-state index in [1.807, 2.05) is 54.6 Å². The maximum atomic E-state index is 11.6. The highest BCUT2D eigenvalue weighted by Crippen LogP contribution is 2.23. The Hall–Kier alpha value is -1.45. The number of nitrogens with one attached hydrogen (secondary N) is 1. The molecule has 0 aliphatic heterocycles. The lowest BCUT2D eigenvalue weighted by molar-refractivity contribution is -0.119. The summed E-state index contributed by atoms with van der Waals surface area (Å²) in [4.78, 5) is 11.6. The second kappa shape index (κ2) is 6.64. The van der Waals surface area contributed by atoms with Crippen LogP contribution in [0.2, 0.25) is 5.02 Å². The van der Waals surface area contributed by atoms with E-state index in [1.165, 1.54) is 0 Å². The van der Waals surface area contributed by atoms with Crippen molar-refractivity contribution in [3.63, 3.8) is 0 Å². The van der Waals surface area contributed by atoms with Crippen LogP contribution >= 0.6 is 24.2 Å². The minimum atomic E-state index is -0.182. The predicted molar refractivity (Wildman–Crippen MR) is 81.7 cm³/mol. The van der Waals surface area contributed by atoms with Gasteiger partial charge in [-0.3, -0.25) is 4.79 Å². The fourth-order valence-corrected chi connectivity index (χ4v) is 2.08. The van der Waals surface area contributed by atoms with Gasteiger partial charge in [-0.25, -0.2) is 0 Å². The Labute approximate surface area is 123 Å². The van der Waals surface area contributed by atoms with Crippen LogP contribution in [0.3, 0.4) is 0 Å². The van der Waals surface area contributed by atoms with Crippen LogP contribution in [0, 0.1) is 0 Å². The summed E-state index contributed by atoms with van der Waals surface area (Å²) in [6.45, 7) is 0. The number of carbonyl (C=O) groups excluding carboxylic acids is 1. The molecule has 1 unspecified atom stereocenters. The zero-order chi connectivity index (χ0) is 13.7. The first kappa shape index (κ1) is 14.0. The summed E-state index contributed by atoms with van der Waals surface area (Å²) in [6.07, 6.45) is 0. The van der Waals surface area contributed by atoms with Gasteiger partial charge in [-0.05, 0) is 23.3 Å². The van der Waals surface area contributed by atoms with Crippen molar-refractivity contribution < 1.29 is 4.79 Å². The third-order valence-electron chi connectivity index (χ3n) is 2.79. The van der Waals surface area contributed by atoms with Gasteiger partial charge >= 0.3 is 0 Å². The van der Waals surface area contributed by atoms with Gasteiger partial charge in [-0.1, -0.05) is 54.1 Å². The van der Waals surface area contributed by atoms with Crippen LogP contribution in [0.25, 0.3) is 0 Å². The Morgan fingerprint density at radius 1 is 1.05 bits per heavy atom. The molecule has 2 aromatic carbocycles. The molecule has 4 heteroatoms. The van der Waals surface area contributed by atoms with Crippen molar-refractivity contribution in [1.82, 2.24) is 5.32 Å². The Kier molecular flexibility index (Phi) is 4.88. The van der Waals surface area contributed by atoms with Crippen LogP contribution in [0.4, 0.5) is 0 Å². The van der Waals surface area contributed by atoms with Crippen molar-refractivity contribution in [2.24, 2.45) is 0 Å². The van der Waals surface area contributed by atoms with E-state index < -0.39 is 0 Å². The van der Waals surface area contributed by atoms with E-state index in [0.29, 0.717) is 5.02 Å². The fourth-order valence-electron chi connectivity index (χ4n) is 1.87. The molecule has 2 aromatic rings. The van der Waals surface area contributed by atoms with Crippen molar-refractivity contribution in [2.45, 2.75) is 6.04 Å². The van der Waals surface area contributed by atoms with Crippen LogP contribution < -0.4 is 5.32 Å². The molecule has 0 heterocycles. The zero-order valence-corrected chi connectivity index (χ0v) is 11.9. The van der Waals surface area contributed by atoms with Gasteiger partial charge < -0.3 is 5.32 Å². The van der Waals surface area contributed by atoms with Crippen LogP contribution in [0.5, 0.6) is 0 Å². The van der Waals surface area contributed by atoms with Crippen LogP contribution in [0.1, 0.15) is 17.2 Å². The van der Waals surface area contributed by atoms with Crippen LogP contribution in [-0.4, -0.2) is 11.7 Å². The maximum Gasteiger partial charge on any atom is 0.230 e. The first-order valence-electron chi connectivity index (χ1n) is 5.91. The lowest BCUT2D eigenvalue weighted by Gasteiger charge is -2.19. The van der Waals surface area contributed by atoms with E-state index in [2.05, 4.69) is 17.9 Å². The molecule has 0 bridgehead atoms. The number of hydrogen-bond acceptors (Lipinski definition) is 2. The third-order valence-corrected chi connectivity index (χ3v) is 3.32. The quantitative estimate of drug-likeness (QED) is 0.830. The molecule has 0 saturated carbocycles. The maximum absolute atomic E-state index is 11.6. The molecule has 2 rings (SSSR count). The molecule has 0 aromatic heterocycles. The van der Waals surface area contributed by atoms with Crippen molar-refractivity contribution in [1.29, 1.82) is 0 Å². The Bertz CT molecular complexity index is 542. The minimum absolute atomic E-state index is 0.105. The molecule has 0 aliphatic carbocycles. The SMILES string of the molecule is O=C(CS)NC(c1ccccc1)c1ccc(Cl)cc1. The van der Waals surface area contributed by atoms with Gasteiger partial charge in [0, 0.05) is 5.02 Å². The summed E-state index contributed by atoms with van der Waals surface area (Å²) in [5.41, 5.74) is 2.02. The Morgan fingerprint density at radius 3 is 2.21 bits per heavy atom. The minimum Gasteiger partial charge on any atom is -0.344 e. The average Bonchev–Trinajstić information content (AvgIpc) is 2.46. The number of amides is 1. The Balaban J connectivity index is 2.34. The number of hydrogen-bond donors (Lipinski definition) is 2. The predicted octanol–water partition coefficient (Wildman–Crippen LogP) is 3.48. The summed E-state index contributed by atoms with van der Waals surface area (Å²) in [7, 11) is 0. The second-order valence-electron chi connectivity index (χ2n) is 4.12. The molecular formula is C15H14ClNOS. The standard InChI is InChI=1S/C15H14ClNOS/c16-13-8-6-12(7-9-13)15(17-14(18)10-19)11-4-2-1-3-5-11/h1-9,15,19H,10H2,(H,17,18). The second-order valence-corrected chi connectivity index (χ2v) is 4.87. The van der Waals surface area contributed by atoms with Crippen molar-refractivity contribution >= 4 is 30.1 Å². The molecule has 0 spiro atoms. The molecule has 1 N–H and O–H groups in total. The van der Waals surface area contributed by atoms with E-state index in [0.717, 1.165) is 11.1 Å². The van der Waals surface area contributed by atoms with E-state index >= 15 is 0 Å². The molecule has 2 nitrogen and oxygen atoms in total. The third kappa shape index (κ3) is 3.75. The summed E-state index contributed by atoms with van der Waals surface area (Å²) in [5, 5.41) is 3.64. The van der Waals surface area contributed by atoms with E-state index in [-0.39, 0.29) is 17.7 Å². The van der Waals surface area contributed by atoms with Gasteiger partial charge in [0.15, 0.2) is 0 Å². The summed E-state index contributed by atoms with van der Waals surface area (Å²) >= 11 is 9.89. The molecule has 19 heavy (non-hydrogen) atoms. The first-order valence-corrected chi connectivity index (χ1v) is 6.92. The lowest BCUT2D eigenvalue weighted by atomic mass is 9.99.